The number of anilines is 1. The molecule has 2 aromatic carbocycles. The fraction of sp³-hybridized carbons (Fsp3) is 0.190. The molecular weight excluding hydrogens is 411 g/mol. The summed E-state index contributed by atoms with van der Waals surface area (Å²) < 4.78 is 16.1. The van der Waals surface area contributed by atoms with E-state index >= 15 is 0 Å². The predicted octanol–water partition coefficient (Wildman–Crippen LogP) is 5.33. The number of halogens is 2. The smallest absolute Gasteiger partial charge is 0.260 e. The number of carbonyl (C=O) groups is 1. The summed E-state index contributed by atoms with van der Waals surface area (Å²) in [5, 5.41) is 1.19. The minimum absolute atomic E-state index is 0.219. The average molecular weight is 429 g/mol. The van der Waals surface area contributed by atoms with Crippen LogP contribution in [0.5, 0.6) is 0 Å². The molecule has 0 atom stereocenters. The fourth-order valence-electron chi connectivity index (χ4n) is 3.07. The van der Waals surface area contributed by atoms with E-state index in [0.717, 1.165) is 22.3 Å². The predicted molar refractivity (Wildman–Crippen MR) is 114 cm³/mol. The van der Waals surface area contributed by atoms with E-state index in [9.17, 15) is 9.18 Å². The molecule has 2 heterocycles. The van der Waals surface area contributed by atoms with Gasteiger partial charge < -0.3 is 4.57 Å². The van der Waals surface area contributed by atoms with Crippen molar-refractivity contribution in [3.63, 3.8) is 0 Å². The van der Waals surface area contributed by atoms with Gasteiger partial charge in [0.25, 0.3) is 5.91 Å². The molecule has 1 amide bonds. The standard InChI is InChI=1S/C21H18ClFN4OS/c1-14-3-8-17(22)19-18(14)25-21(29-19)27(11-2-10-26-12-9-24-13-26)20(28)15-4-6-16(23)7-5-15/h3-9,12-13H,2,10-11H2,1H3. The Kier molecular flexibility index (Phi) is 5.60. The Morgan fingerprint density at radius 1 is 1.24 bits per heavy atom. The molecule has 0 aliphatic carbocycles. The summed E-state index contributed by atoms with van der Waals surface area (Å²) in [6.45, 7) is 3.15. The summed E-state index contributed by atoms with van der Waals surface area (Å²) in [5.41, 5.74) is 2.21. The lowest BCUT2D eigenvalue weighted by molar-refractivity contribution is 0.0986. The number of imidazole rings is 1. The summed E-state index contributed by atoms with van der Waals surface area (Å²) in [4.78, 5) is 23.6. The Morgan fingerprint density at radius 3 is 2.72 bits per heavy atom. The Labute approximate surface area is 176 Å². The Bertz CT molecular complexity index is 1100. The van der Waals surface area contributed by atoms with Crippen molar-refractivity contribution in [3.05, 3.63) is 77.1 Å². The van der Waals surface area contributed by atoms with Gasteiger partial charge in [-0.15, -0.1) is 0 Å². The molecule has 29 heavy (non-hydrogen) atoms. The van der Waals surface area contributed by atoms with E-state index in [1.807, 2.05) is 29.8 Å². The number of aryl methyl sites for hydroxylation is 2. The highest BCUT2D eigenvalue weighted by molar-refractivity contribution is 7.23. The third kappa shape index (κ3) is 4.16. The Hall–Kier alpha value is -2.77. The van der Waals surface area contributed by atoms with Gasteiger partial charge in [0.1, 0.15) is 5.82 Å². The number of thiazole rings is 1. The molecular formula is C21H18ClFN4OS. The molecule has 0 saturated carbocycles. The van der Waals surface area contributed by atoms with E-state index in [4.69, 9.17) is 16.6 Å². The van der Waals surface area contributed by atoms with E-state index in [-0.39, 0.29) is 11.7 Å². The minimum atomic E-state index is -0.379. The van der Waals surface area contributed by atoms with Crippen LogP contribution in [-0.4, -0.2) is 27.0 Å². The van der Waals surface area contributed by atoms with Crippen molar-refractivity contribution in [1.82, 2.24) is 14.5 Å². The van der Waals surface area contributed by atoms with Gasteiger partial charge in [-0.3, -0.25) is 9.69 Å². The van der Waals surface area contributed by atoms with E-state index in [0.29, 0.717) is 28.7 Å². The summed E-state index contributed by atoms with van der Waals surface area (Å²) in [7, 11) is 0. The molecule has 4 aromatic rings. The number of rotatable bonds is 6. The number of amides is 1. The third-order valence-corrected chi connectivity index (χ3v) is 6.15. The number of benzene rings is 2. The average Bonchev–Trinajstić information content (AvgIpc) is 3.39. The Balaban J connectivity index is 1.67. The second-order valence-corrected chi connectivity index (χ2v) is 8.04. The lowest BCUT2D eigenvalue weighted by atomic mass is 10.2. The van der Waals surface area contributed by atoms with E-state index < -0.39 is 0 Å². The van der Waals surface area contributed by atoms with Crippen LogP contribution in [0.15, 0.2) is 55.1 Å². The van der Waals surface area contributed by atoms with Crippen molar-refractivity contribution >= 4 is 44.2 Å². The minimum Gasteiger partial charge on any atom is -0.337 e. The fourth-order valence-corrected chi connectivity index (χ4v) is 4.41. The summed E-state index contributed by atoms with van der Waals surface area (Å²) >= 11 is 7.74. The second kappa shape index (κ2) is 8.31. The van der Waals surface area contributed by atoms with Crippen LogP contribution in [-0.2, 0) is 6.54 Å². The summed E-state index contributed by atoms with van der Waals surface area (Å²) in [5.74, 6) is -0.598. The van der Waals surface area contributed by atoms with Gasteiger partial charge in [0, 0.05) is 31.0 Å². The van der Waals surface area contributed by atoms with Crippen molar-refractivity contribution < 1.29 is 9.18 Å². The number of nitrogens with zero attached hydrogens (tertiary/aromatic N) is 4. The van der Waals surface area contributed by atoms with Crippen LogP contribution in [0.2, 0.25) is 5.02 Å². The van der Waals surface area contributed by atoms with Gasteiger partial charge in [-0.05, 0) is 49.2 Å². The van der Waals surface area contributed by atoms with Crippen LogP contribution in [0.4, 0.5) is 9.52 Å². The number of hydrogen-bond acceptors (Lipinski definition) is 4. The Morgan fingerprint density at radius 2 is 2.03 bits per heavy atom. The van der Waals surface area contributed by atoms with Gasteiger partial charge in [0.2, 0.25) is 0 Å². The van der Waals surface area contributed by atoms with Crippen LogP contribution in [0.1, 0.15) is 22.3 Å². The first-order valence-electron chi connectivity index (χ1n) is 9.12. The van der Waals surface area contributed by atoms with Crippen LogP contribution in [0.25, 0.3) is 10.2 Å². The molecule has 148 valence electrons. The van der Waals surface area contributed by atoms with E-state index in [1.54, 1.807) is 17.4 Å². The summed E-state index contributed by atoms with van der Waals surface area (Å²) in [6.07, 6.45) is 6.06. The van der Waals surface area contributed by atoms with Gasteiger partial charge in [-0.1, -0.05) is 29.0 Å². The SMILES string of the molecule is Cc1ccc(Cl)c2sc(N(CCCn3ccnc3)C(=O)c3ccc(F)cc3)nc12. The van der Waals surface area contributed by atoms with Crippen molar-refractivity contribution in [2.75, 3.05) is 11.4 Å². The molecule has 0 unspecified atom stereocenters. The summed E-state index contributed by atoms with van der Waals surface area (Å²) in [6, 6.07) is 9.32. The van der Waals surface area contributed by atoms with Gasteiger partial charge >= 0.3 is 0 Å². The second-order valence-electron chi connectivity index (χ2n) is 6.66. The normalized spacial score (nSPS) is 11.1. The molecule has 4 rings (SSSR count). The first-order chi connectivity index (χ1) is 14.0. The zero-order valence-electron chi connectivity index (χ0n) is 15.7. The number of carbonyl (C=O) groups excluding carboxylic acids is 1. The molecule has 0 bridgehead atoms. The van der Waals surface area contributed by atoms with Crippen LogP contribution in [0.3, 0.4) is 0 Å². The highest BCUT2D eigenvalue weighted by Gasteiger charge is 2.22. The molecule has 0 fully saturated rings. The largest absolute Gasteiger partial charge is 0.337 e. The van der Waals surface area contributed by atoms with Gasteiger partial charge in [0.15, 0.2) is 5.13 Å². The van der Waals surface area contributed by atoms with Gasteiger partial charge in [0.05, 0.1) is 21.6 Å². The molecule has 0 aliphatic rings. The molecule has 0 N–H and O–H groups in total. The molecule has 0 saturated heterocycles. The molecule has 0 spiro atoms. The van der Waals surface area contributed by atoms with E-state index in [1.165, 1.54) is 35.6 Å². The van der Waals surface area contributed by atoms with Crippen LogP contribution < -0.4 is 4.90 Å². The molecule has 8 heteroatoms. The van der Waals surface area contributed by atoms with Gasteiger partial charge in [-0.2, -0.15) is 0 Å². The zero-order chi connectivity index (χ0) is 20.4. The molecule has 2 aromatic heterocycles. The monoisotopic (exact) mass is 428 g/mol. The number of fused-ring (bicyclic) bond motifs is 1. The number of hydrogen-bond donors (Lipinski definition) is 0. The maximum Gasteiger partial charge on any atom is 0.260 e. The first kappa shape index (κ1) is 19.5. The zero-order valence-corrected chi connectivity index (χ0v) is 17.3. The van der Waals surface area contributed by atoms with Crippen molar-refractivity contribution in [3.8, 4) is 0 Å². The van der Waals surface area contributed by atoms with Crippen molar-refractivity contribution in [2.24, 2.45) is 0 Å². The first-order valence-corrected chi connectivity index (χ1v) is 10.3. The lowest BCUT2D eigenvalue weighted by Gasteiger charge is -2.20. The highest BCUT2D eigenvalue weighted by atomic mass is 35.5. The van der Waals surface area contributed by atoms with Crippen LogP contribution in [0, 0.1) is 12.7 Å². The third-order valence-electron chi connectivity index (χ3n) is 4.61. The quantitative estimate of drug-likeness (QED) is 0.417. The highest BCUT2D eigenvalue weighted by Crippen LogP contribution is 2.36. The topological polar surface area (TPSA) is 51.0 Å². The van der Waals surface area contributed by atoms with Crippen LogP contribution >= 0.6 is 22.9 Å². The maximum atomic E-state index is 13.3. The molecule has 5 nitrogen and oxygen atoms in total. The molecule has 0 radical (unpaired) electrons. The van der Waals surface area contributed by atoms with Crippen molar-refractivity contribution in [1.29, 1.82) is 0 Å². The van der Waals surface area contributed by atoms with E-state index in [2.05, 4.69) is 4.98 Å². The van der Waals surface area contributed by atoms with Crippen molar-refractivity contribution in [2.45, 2.75) is 19.9 Å². The maximum absolute atomic E-state index is 13.3. The lowest BCUT2D eigenvalue weighted by Crippen LogP contribution is -2.32. The number of aromatic nitrogens is 3. The molecule has 0 aliphatic heterocycles. The van der Waals surface area contributed by atoms with Gasteiger partial charge in [-0.25, -0.2) is 14.4 Å².